The minimum atomic E-state index is 0.0671. The van der Waals surface area contributed by atoms with E-state index in [1.807, 2.05) is 39.7 Å². The number of hydrogen-bond donors (Lipinski definition) is 0. The minimum absolute atomic E-state index is 0.0671. The lowest BCUT2D eigenvalue weighted by atomic mass is 10.2. The molecule has 2 rings (SSSR count). The van der Waals surface area contributed by atoms with E-state index in [1.165, 1.54) is 11.3 Å². The monoisotopic (exact) mass is 220 g/mol. The molecule has 0 N–H and O–H groups in total. The number of allylic oxidation sites excluding steroid dienone is 1. The lowest BCUT2D eigenvalue weighted by Gasteiger charge is -1.87. The van der Waals surface area contributed by atoms with Crippen molar-refractivity contribution in [2.75, 3.05) is 0 Å². The van der Waals surface area contributed by atoms with Crippen LogP contribution in [0.1, 0.15) is 15.9 Å². The highest BCUT2D eigenvalue weighted by molar-refractivity contribution is 7.08. The third-order valence-corrected chi connectivity index (χ3v) is 3.16. The molecule has 0 bridgehead atoms. The van der Waals surface area contributed by atoms with E-state index >= 15 is 0 Å². The van der Waals surface area contributed by atoms with Gasteiger partial charge in [0.15, 0.2) is 5.78 Å². The van der Waals surface area contributed by atoms with Crippen molar-refractivity contribution >= 4 is 34.5 Å². The number of thiophene rings is 2. The summed E-state index contributed by atoms with van der Waals surface area (Å²) in [4.78, 5) is 11.5. The maximum absolute atomic E-state index is 11.5. The Morgan fingerprint density at radius 2 is 1.93 bits per heavy atom. The molecule has 70 valence electrons. The van der Waals surface area contributed by atoms with Crippen LogP contribution in [0, 0.1) is 0 Å². The maximum atomic E-state index is 11.5. The molecule has 14 heavy (non-hydrogen) atoms. The summed E-state index contributed by atoms with van der Waals surface area (Å²) in [6, 6.07) is 3.83. The van der Waals surface area contributed by atoms with Gasteiger partial charge in [-0.2, -0.15) is 22.7 Å². The fourth-order valence-corrected chi connectivity index (χ4v) is 2.32. The van der Waals surface area contributed by atoms with Crippen LogP contribution in [-0.4, -0.2) is 5.78 Å². The highest BCUT2D eigenvalue weighted by Crippen LogP contribution is 2.11. The largest absolute Gasteiger partial charge is 0.289 e. The number of carbonyl (C=O) groups is 1. The van der Waals surface area contributed by atoms with E-state index in [0.717, 1.165) is 11.1 Å². The van der Waals surface area contributed by atoms with Crippen molar-refractivity contribution in [2.45, 2.75) is 0 Å². The van der Waals surface area contributed by atoms with Crippen LogP contribution in [0.3, 0.4) is 0 Å². The molecule has 0 atom stereocenters. The van der Waals surface area contributed by atoms with Crippen LogP contribution in [0.15, 0.2) is 39.7 Å². The highest BCUT2D eigenvalue weighted by Gasteiger charge is 2.00. The van der Waals surface area contributed by atoms with E-state index in [2.05, 4.69) is 0 Å². The third-order valence-electron chi connectivity index (χ3n) is 1.78. The summed E-state index contributed by atoms with van der Waals surface area (Å²) >= 11 is 3.17. The second kappa shape index (κ2) is 4.35. The zero-order chi connectivity index (χ0) is 9.80. The van der Waals surface area contributed by atoms with Crippen molar-refractivity contribution in [2.24, 2.45) is 0 Å². The molecule has 0 aromatic carbocycles. The van der Waals surface area contributed by atoms with E-state index in [-0.39, 0.29) is 5.78 Å². The van der Waals surface area contributed by atoms with Gasteiger partial charge in [-0.05, 0) is 39.9 Å². The zero-order valence-electron chi connectivity index (χ0n) is 7.34. The van der Waals surface area contributed by atoms with Gasteiger partial charge in [0.1, 0.15) is 0 Å². The normalized spacial score (nSPS) is 10.9. The SMILES string of the molecule is O=C(/C=C\c1ccsc1)c1ccsc1. The lowest BCUT2D eigenvalue weighted by molar-refractivity contribution is 0.104. The Morgan fingerprint density at radius 1 is 1.14 bits per heavy atom. The van der Waals surface area contributed by atoms with Gasteiger partial charge in [-0.25, -0.2) is 0 Å². The van der Waals surface area contributed by atoms with Gasteiger partial charge >= 0.3 is 0 Å². The maximum Gasteiger partial charge on any atom is 0.186 e. The summed E-state index contributed by atoms with van der Waals surface area (Å²) in [6.45, 7) is 0. The molecule has 0 aliphatic heterocycles. The first-order valence-electron chi connectivity index (χ1n) is 4.13. The summed E-state index contributed by atoms with van der Waals surface area (Å²) in [5.41, 5.74) is 1.85. The Morgan fingerprint density at radius 3 is 2.57 bits per heavy atom. The van der Waals surface area contributed by atoms with Gasteiger partial charge in [0, 0.05) is 10.9 Å². The molecule has 0 saturated carbocycles. The van der Waals surface area contributed by atoms with E-state index in [0.29, 0.717) is 0 Å². The summed E-state index contributed by atoms with van der Waals surface area (Å²) < 4.78 is 0. The molecule has 0 unspecified atom stereocenters. The topological polar surface area (TPSA) is 17.1 Å². The van der Waals surface area contributed by atoms with Crippen LogP contribution >= 0.6 is 22.7 Å². The molecule has 2 heterocycles. The van der Waals surface area contributed by atoms with E-state index in [9.17, 15) is 4.79 Å². The summed E-state index contributed by atoms with van der Waals surface area (Å²) in [5, 5.41) is 7.78. The Bertz CT molecular complexity index is 424. The van der Waals surface area contributed by atoms with Crippen LogP contribution < -0.4 is 0 Å². The van der Waals surface area contributed by atoms with Gasteiger partial charge in [-0.15, -0.1) is 0 Å². The van der Waals surface area contributed by atoms with Crippen LogP contribution in [0.25, 0.3) is 6.08 Å². The second-order valence-electron chi connectivity index (χ2n) is 2.77. The standard InChI is InChI=1S/C11H8OS2/c12-11(10-4-6-14-8-10)2-1-9-3-5-13-7-9/h1-8H/b2-1-. The van der Waals surface area contributed by atoms with Gasteiger partial charge in [0.2, 0.25) is 0 Å². The van der Waals surface area contributed by atoms with Crippen molar-refractivity contribution in [3.8, 4) is 0 Å². The molecule has 2 aromatic rings. The number of ketones is 1. The van der Waals surface area contributed by atoms with Crippen LogP contribution in [-0.2, 0) is 0 Å². The van der Waals surface area contributed by atoms with Gasteiger partial charge < -0.3 is 0 Å². The molecule has 0 fully saturated rings. The molecular weight excluding hydrogens is 212 g/mol. The number of rotatable bonds is 3. The molecule has 1 nitrogen and oxygen atoms in total. The number of hydrogen-bond acceptors (Lipinski definition) is 3. The summed E-state index contributed by atoms with van der Waals surface area (Å²) in [6.07, 6.45) is 3.46. The third kappa shape index (κ3) is 2.19. The molecule has 0 aliphatic rings. The molecule has 2 aromatic heterocycles. The van der Waals surface area contributed by atoms with Gasteiger partial charge in [-0.3, -0.25) is 4.79 Å². The van der Waals surface area contributed by atoms with Gasteiger partial charge in [-0.1, -0.05) is 6.08 Å². The molecule has 0 spiro atoms. The predicted molar refractivity (Wildman–Crippen MR) is 62.0 cm³/mol. The summed E-state index contributed by atoms with van der Waals surface area (Å²) in [5.74, 6) is 0.0671. The van der Waals surface area contributed by atoms with E-state index < -0.39 is 0 Å². The molecule has 0 amide bonds. The van der Waals surface area contributed by atoms with Crippen molar-refractivity contribution in [3.05, 3.63) is 50.9 Å². The fraction of sp³-hybridized carbons (Fsp3) is 0. The van der Waals surface area contributed by atoms with Crippen molar-refractivity contribution in [1.82, 2.24) is 0 Å². The smallest absolute Gasteiger partial charge is 0.186 e. The Hall–Kier alpha value is -1.19. The first-order chi connectivity index (χ1) is 6.86. The van der Waals surface area contributed by atoms with Crippen LogP contribution in [0.2, 0.25) is 0 Å². The lowest BCUT2D eigenvalue weighted by Crippen LogP contribution is -1.89. The Labute approximate surface area is 90.3 Å². The van der Waals surface area contributed by atoms with Crippen molar-refractivity contribution in [3.63, 3.8) is 0 Å². The fourth-order valence-electron chi connectivity index (χ4n) is 1.04. The van der Waals surface area contributed by atoms with Crippen molar-refractivity contribution < 1.29 is 4.79 Å². The molecule has 0 aliphatic carbocycles. The van der Waals surface area contributed by atoms with Crippen LogP contribution in [0.4, 0.5) is 0 Å². The molecule has 0 radical (unpaired) electrons. The van der Waals surface area contributed by atoms with E-state index in [4.69, 9.17) is 0 Å². The van der Waals surface area contributed by atoms with Gasteiger partial charge in [0.25, 0.3) is 0 Å². The molecule has 0 saturated heterocycles. The average molecular weight is 220 g/mol. The first kappa shape index (κ1) is 9.37. The number of carbonyl (C=O) groups excluding carboxylic acids is 1. The van der Waals surface area contributed by atoms with Crippen LogP contribution in [0.5, 0.6) is 0 Å². The average Bonchev–Trinajstić information content (AvgIpc) is 2.87. The minimum Gasteiger partial charge on any atom is -0.289 e. The second-order valence-corrected chi connectivity index (χ2v) is 4.33. The predicted octanol–water partition coefficient (Wildman–Crippen LogP) is 3.71. The quantitative estimate of drug-likeness (QED) is 0.569. The Kier molecular flexibility index (Phi) is 2.91. The van der Waals surface area contributed by atoms with Crippen molar-refractivity contribution in [1.29, 1.82) is 0 Å². The first-order valence-corrected chi connectivity index (χ1v) is 6.01. The molecular formula is C11H8OS2. The zero-order valence-corrected chi connectivity index (χ0v) is 8.98. The van der Waals surface area contributed by atoms with Gasteiger partial charge in [0.05, 0.1) is 0 Å². The molecule has 3 heteroatoms. The highest BCUT2D eigenvalue weighted by atomic mass is 32.1. The van der Waals surface area contributed by atoms with E-state index in [1.54, 1.807) is 17.4 Å². The Balaban J connectivity index is 2.09. The summed E-state index contributed by atoms with van der Waals surface area (Å²) in [7, 11) is 0.